The van der Waals surface area contributed by atoms with E-state index in [2.05, 4.69) is 4.98 Å². The minimum Gasteiger partial charge on any atom is -0.248 e. The van der Waals surface area contributed by atoms with Gasteiger partial charge in [0, 0.05) is 10.9 Å². The molecule has 0 unspecified atom stereocenters. The summed E-state index contributed by atoms with van der Waals surface area (Å²) in [7, 11) is 0. The lowest BCUT2D eigenvalue weighted by atomic mass is 10.0. The van der Waals surface area contributed by atoms with Gasteiger partial charge in [0.15, 0.2) is 0 Å². The van der Waals surface area contributed by atoms with Gasteiger partial charge in [-0.1, -0.05) is 30.3 Å². The van der Waals surface area contributed by atoms with Crippen molar-refractivity contribution in [2.75, 3.05) is 0 Å². The van der Waals surface area contributed by atoms with E-state index in [0.717, 1.165) is 17.0 Å². The van der Waals surface area contributed by atoms with Crippen molar-refractivity contribution in [2.24, 2.45) is 0 Å². The predicted molar refractivity (Wildman–Crippen MR) is 76.9 cm³/mol. The molecule has 0 aliphatic heterocycles. The van der Waals surface area contributed by atoms with E-state index in [0.29, 0.717) is 11.3 Å². The average Bonchev–Trinajstić information content (AvgIpc) is 2.45. The van der Waals surface area contributed by atoms with Gasteiger partial charge in [-0.15, -0.1) is 0 Å². The van der Waals surface area contributed by atoms with Crippen molar-refractivity contribution in [3.63, 3.8) is 0 Å². The standard InChI is InChI=1S/C17H12F3N/c1-11-10-13(6-8-14(11)17(18,19)20)16-9-7-12-4-2-3-5-15(12)21-16/h2-10H,1H3. The summed E-state index contributed by atoms with van der Waals surface area (Å²) < 4.78 is 38.3. The molecule has 106 valence electrons. The number of nitrogens with zero attached hydrogens (tertiary/aromatic N) is 1. The summed E-state index contributed by atoms with van der Waals surface area (Å²) >= 11 is 0. The number of alkyl halides is 3. The Morgan fingerprint density at radius 3 is 2.38 bits per heavy atom. The van der Waals surface area contributed by atoms with E-state index in [1.54, 1.807) is 0 Å². The minimum atomic E-state index is -4.32. The van der Waals surface area contributed by atoms with Crippen molar-refractivity contribution in [3.8, 4) is 11.3 Å². The van der Waals surface area contributed by atoms with Gasteiger partial charge in [0.25, 0.3) is 0 Å². The molecular weight excluding hydrogens is 275 g/mol. The summed E-state index contributed by atoms with van der Waals surface area (Å²) in [6, 6.07) is 15.5. The second-order valence-electron chi connectivity index (χ2n) is 4.92. The van der Waals surface area contributed by atoms with E-state index >= 15 is 0 Å². The molecular formula is C17H12F3N. The Bertz CT molecular complexity index is 806. The van der Waals surface area contributed by atoms with E-state index in [1.165, 1.54) is 19.1 Å². The first-order chi connectivity index (χ1) is 9.95. The molecule has 1 heterocycles. The van der Waals surface area contributed by atoms with Crippen molar-refractivity contribution >= 4 is 10.9 Å². The molecule has 0 aliphatic rings. The number of para-hydroxylation sites is 1. The number of rotatable bonds is 1. The molecule has 0 spiro atoms. The second-order valence-corrected chi connectivity index (χ2v) is 4.92. The third-order valence-electron chi connectivity index (χ3n) is 3.43. The number of benzene rings is 2. The smallest absolute Gasteiger partial charge is 0.248 e. The fourth-order valence-electron chi connectivity index (χ4n) is 2.37. The highest BCUT2D eigenvalue weighted by molar-refractivity contribution is 5.81. The Kier molecular flexibility index (Phi) is 3.16. The Morgan fingerprint density at radius 2 is 1.67 bits per heavy atom. The molecule has 1 aromatic heterocycles. The number of aryl methyl sites for hydroxylation is 1. The van der Waals surface area contributed by atoms with Crippen molar-refractivity contribution in [2.45, 2.75) is 13.1 Å². The molecule has 3 rings (SSSR count). The van der Waals surface area contributed by atoms with Gasteiger partial charge in [0.05, 0.1) is 16.8 Å². The molecule has 0 aliphatic carbocycles. The van der Waals surface area contributed by atoms with Gasteiger partial charge in [0.1, 0.15) is 0 Å². The third kappa shape index (κ3) is 2.61. The van der Waals surface area contributed by atoms with Gasteiger partial charge in [-0.25, -0.2) is 4.98 Å². The Hall–Kier alpha value is -2.36. The van der Waals surface area contributed by atoms with Crippen LogP contribution in [0.1, 0.15) is 11.1 Å². The molecule has 0 N–H and O–H groups in total. The van der Waals surface area contributed by atoms with Crippen LogP contribution in [0.15, 0.2) is 54.6 Å². The van der Waals surface area contributed by atoms with Crippen LogP contribution in [0.2, 0.25) is 0 Å². The maximum atomic E-state index is 12.8. The lowest BCUT2D eigenvalue weighted by molar-refractivity contribution is -0.138. The van der Waals surface area contributed by atoms with Crippen LogP contribution in [0.5, 0.6) is 0 Å². The summed E-state index contributed by atoms with van der Waals surface area (Å²) in [6.07, 6.45) is -4.32. The number of fused-ring (bicyclic) bond motifs is 1. The Labute approximate surface area is 120 Å². The summed E-state index contributed by atoms with van der Waals surface area (Å²) in [5, 5.41) is 1.00. The highest BCUT2D eigenvalue weighted by Gasteiger charge is 2.32. The SMILES string of the molecule is Cc1cc(-c2ccc3ccccc3n2)ccc1C(F)(F)F. The third-order valence-corrected chi connectivity index (χ3v) is 3.43. The Morgan fingerprint density at radius 1 is 0.905 bits per heavy atom. The van der Waals surface area contributed by atoms with Crippen molar-refractivity contribution in [1.82, 2.24) is 4.98 Å². The van der Waals surface area contributed by atoms with Gasteiger partial charge < -0.3 is 0 Å². The van der Waals surface area contributed by atoms with Crippen LogP contribution in [-0.2, 0) is 6.18 Å². The average molecular weight is 287 g/mol. The first kappa shape index (κ1) is 13.6. The summed E-state index contributed by atoms with van der Waals surface area (Å²) in [5.41, 5.74) is 1.78. The number of pyridine rings is 1. The first-order valence-electron chi connectivity index (χ1n) is 6.49. The van der Waals surface area contributed by atoms with E-state index in [1.807, 2.05) is 36.4 Å². The van der Waals surface area contributed by atoms with Crippen LogP contribution in [0, 0.1) is 6.92 Å². The van der Waals surface area contributed by atoms with Crippen LogP contribution < -0.4 is 0 Å². The number of hydrogen-bond donors (Lipinski definition) is 0. The largest absolute Gasteiger partial charge is 0.416 e. The predicted octanol–water partition coefficient (Wildman–Crippen LogP) is 5.23. The zero-order chi connectivity index (χ0) is 15.0. The first-order valence-corrected chi connectivity index (χ1v) is 6.49. The van der Waals surface area contributed by atoms with E-state index in [9.17, 15) is 13.2 Å². The molecule has 0 saturated heterocycles. The molecule has 0 bridgehead atoms. The van der Waals surface area contributed by atoms with Gasteiger partial charge in [-0.05, 0) is 36.8 Å². The minimum absolute atomic E-state index is 0.204. The van der Waals surface area contributed by atoms with Crippen molar-refractivity contribution in [1.29, 1.82) is 0 Å². The molecule has 0 atom stereocenters. The number of halogens is 3. The molecule has 3 aromatic rings. The molecule has 4 heteroatoms. The quantitative estimate of drug-likeness (QED) is 0.597. The van der Waals surface area contributed by atoms with Crippen LogP contribution >= 0.6 is 0 Å². The maximum absolute atomic E-state index is 12.8. The molecule has 0 fully saturated rings. The van der Waals surface area contributed by atoms with Crippen LogP contribution in [0.25, 0.3) is 22.2 Å². The van der Waals surface area contributed by atoms with Gasteiger partial charge in [-0.3, -0.25) is 0 Å². The number of hydrogen-bond acceptors (Lipinski definition) is 1. The summed E-state index contributed by atoms with van der Waals surface area (Å²) in [4.78, 5) is 4.50. The normalized spacial score (nSPS) is 11.8. The monoisotopic (exact) mass is 287 g/mol. The fraction of sp³-hybridized carbons (Fsp3) is 0.118. The maximum Gasteiger partial charge on any atom is 0.416 e. The molecule has 2 aromatic carbocycles. The molecule has 0 amide bonds. The highest BCUT2D eigenvalue weighted by Crippen LogP contribution is 2.33. The highest BCUT2D eigenvalue weighted by atomic mass is 19.4. The van der Waals surface area contributed by atoms with Crippen LogP contribution in [-0.4, -0.2) is 4.98 Å². The zero-order valence-corrected chi connectivity index (χ0v) is 11.3. The van der Waals surface area contributed by atoms with Gasteiger partial charge in [-0.2, -0.15) is 13.2 Å². The summed E-state index contributed by atoms with van der Waals surface area (Å²) in [6.45, 7) is 1.47. The zero-order valence-electron chi connectivity index (χ0n) is 11.3. The molecule has 1 nitrogen and oxygen atoms in total. The number of aromatic nitrogens is 1. The van der Waals surface area contributed by atoms with Gasteiger partial charge in [0.2, 0.25) is 0 Å². The lowest BCUT2D eigenvalue weighted by Crippen LogP contribution is -2.07. The van der Waals surface area contributed by atoms with Crippen LogP contribution in [0.4, 0.5) is 13.2 Å². The second kappa shape index (κ2) is 4.88. The van der Waals surface area contributed by atoms with Crippen LogP contribution in [0.3, 0.4) is 0 Å². The van der Waals surface area contributed by atoms with Crippen molar-refractivity contribution in [3.05, 3.63) is 65.7 Å². The van der Waals surface area contributed by atoms with Crippen molar-refractivity contribution < 1.29 is 13.2 Å². The van der Waals surface area contributed by atoms with E-state index < -0.39 is 11.7 Å². The molecule has 0 radical (unpaired) electrons. The fourth-order valence-corrected chi connectivity index (χ4v) is 2.37. The van der Waals surface area contributed by atoms with E-state index in [-0.39, 0.29) is 5.56 Å². The Balaban J connectivity index is 2.08. The summed E-state index contributed by atoms with van der Waals surface area (Å²) in [5.74, 6) is 0. The molecule has 0 saturated carbocycles. The lowest BCUT2D eigenvalue weighted by Gasteiger charge is -2.11. The van der Waals surface area contributed by atoms with E-state index in [4.69, 9.17) is 0 Å². The topological polar surface area (TPSA) is 12.9 Å². The van der Waals surface area contributed by atoms with Gasteiger partial charge >= 0.3 is 6.18 Å². The molecule has 21 heavy (non-hydrogen) atoms.